The zero-order chi connectivity index (χ0) is 59.0. The van der Waals surface area contributed by atoms with Gasteiger partial charge in [0.05, 0.1) is 5.41 Å². The Morgan fingerprint density at radius 1 is 0.224 bits per heavy atom. The van der Waals surface area contributed by atoms with Crippen LogP contribution < -0.4 is 0 Å². The maximum atomic E-state index is 6.62. The van der Waals surface area contributed by atoms with Gasteiger partial charge in [-0.2, -0.15) is 0 Å². The van der Waals surface area contributed by atoms with Crippen LogP contribution in [0.1, 0.15) is 128 Å². The van der Waals surface area contributed by atoms with Gasteiger partial charge in [-0.3, -0.25) is 0 Å². The van der Waals surface area contributed by atoms with Crippen molar-refractivity contribution in [3.63, 3.8) is 0 Å². The second-order valence-corrected chi connectivity index (χ2v) is 26.8. The van der Waals surface area contributed by atoms with Gasteiger partial charge in [-0.25, -0.2) is 0 Å². The van der Waals surface area contributed by atoms with Crippen molar-refractivity contribution in [1.82, 2.24) is 40.8 Å². The minimum atomic E-state index is -1.01. The molecule has 0 aliphatic heterocycles. The van der Waals surface area contributed by atoms with Gasteiger partial charge in [-0.05, 0) is 185 Å². The van der Waals surface area contributed by atoms with Crippen LogP contribution in [0.4, 0.5) is 0 Å². The summed E-state index contributed by atoms with van der Waals surface area (Å²) in [6.45, 7) is 26.4. The minimum absolute atomic E-state index is 0.0100. The number of aromatic nitrogens is 8. The number of benzene rings is 8. The first-order valence-electron chi connectivity index (χ1n) is 29.0. The van der Waals surface area contributed by atoms with Gasteiger partial charge in [0.15, 0.2) is 0 Å². The topological polar surface area (TPSA) is 156 Å². The van der Waals surface area contributed by atoms with E-state index in [1.165, 1.54) is 22.3 Å². The number of rotatable bonds is 8. The molecule has 0 radical (unpaired) electrons. The third-order valence-corrected chi connectivity index (χ3v) is 17.0. The van der Waals surface area contributed by atoms with E-state index in [4.69, 9.17) is 38.1 Å². The van der Waals surface area contributed by atoms with Crippen molar-refractivity contribution in [3.05, 3.63) is 214 Å². The predicted molar refractivity (Wildman–Crippen MR) is 332 cm³/mol. The minimum Gasteiger partial charge on any atom is -0.416 e. The highest BCUT2D eigenvalue weighted by Gasteiger charge is 2.53. The highest BCUT2D eigenvalue weighted by atomic mass is 16.4. The van der Waals surface area contributed by atoms with E-state index in [1.54, 1.807) is 0 Å². The Labute approximate surface area is 494 Å². The van der Waals surface area contributed by atoms with E-state index in [2.05, 4.69) is 225 Å². The summed E-state index contributed by atoms with van der Waals surface area (Å²) in [6.07, 6.45) is 0. The van der Waals surface area contributed by atoms with E-state index in [9.17, 15) is 0 Å². The van der Waals surface area contributed by atoms with E-state index >= 15 is 0 Å². The van der Waals surface area contributed by atoms with Gasteiger partial charge < -0.3 is 17.7 Å². The highest BCUT2D eigenvalue weighted by molar-refractivity contribution is 5.98. The summed E-state index contributed by atoms with van der Waals surface area (Å²) in [5.41, 5.74) is 18.3. The van der Waals surface area contributed by atoms with E-state index < -0.39 is 5.41 Å². The maximum absolute atomic E-state index is 6.62. The zero-order valence-corrected chi connectivity index (χ0v) is 49.9. The summed E-state index contributed by atoms with van der Waals surface area (Å²) < 4.78 is 26.5. The van der Waals surface area contributed by atoms with Crippen molar-refractivity contribution >= 4 is 0 Å². The quantitative estimate of drug-likeness (QED) is 0.142. The van der Waals surface area contributed by atoms with Gasteiger partial charge in [-0.15, -0.1) is 40.8 Å². The molecule has 0 saturated carbocycles. The van der Waals surface area contributed by atoms with E-state index in [0.717, 1.165) is 89.0 Å². The summed E-state index contributed by atoms with van der Waals surface area (Å²) in [4.78, 5) is 0. The lowest BCUT2D eigenvalue weighted by atomic mass is 9.69. The van der Waals surface area contributed by atoms with Crippen molar-refractivity contribution in [2.24, 2.45) is 0 Å². The van der Waals surface area contributed by atoms with Crippen LogP contribution in [0.2, 0.25) is 0 Å². The summed E-state index contributed by atoms with van der Waals surface area (Å²) in [6, 6.07) is 59.1. The van der Waals surface area contributed by atoms with E-state index in [1.807, 2.05) is 48.5 Å². The molecule has 0 unspecified atom stereocenters. The zero-order valence-electron chi connectivity index (χ0n) is 49.9. The van der Waals surface area contributed by atoms with Crippen LogP contribution in [0.3, 0.4) is 0 Å². The molecule has 12 aromatic rings. The van der Waals surface area contributed by atoms with Gasteiger partial charge >= 0.3 is 0 Å². The molecule has 0 atom stereocenters. The molecule has 12 nitrogen and oxygen atoms in total. The Morgan fingerprint density at radius 3 is 0.565 bits per heavy atom. The lowest BCUT2D eigenvalue weighted by Crippen LogP contribution is -2.26. The molecule has 14 rings (SSSR count). The fraction of sp³-hybridized carbons (Fsp3) is 0.233. The Kier molecular flexibility index (Phi) is 12.0. The Hall–Kier alpha value is -9.68. The fourth-order valence-corrected chi connectivity index (χ4v) is 12.0. The predicted octanol–water partition coefficient (Wildman–Crippen LogP) is 18.1. The van der Waals surface area contributed by atoms with Gasteiger partial charge in [0.25, 0.3) is 0 Å². The lowest BCUT2D eigenvalue weighted by Gasteiger charge is -2.31. The summed E-state index contributed by atoms with van der Waals surface area (Å²) in [5.74, 6) is 3.29. The summed E-state index contributed by atoms with van der Waals surface area (Å²) in [7, 11) is 0. The molecule has 0 amide bonds. The summed E-state index contributed by atoms with van der Waals surface area (Å²) in [5, 5.41) is 37.3. The Balaban J connectivity index is 0.961. The first kappa shape index (κ1) is 53.3. The molecular formula is C73H64N8O4. The third kappa shape index (κ3) is 9.13. The van der Waals surface area contributed by atoms with Crippen LogP contribution >= 0.6 is 0 Å². The molecule has 4 aromatic heterocycles. The average Bonchev–Trinajstić information content (AvgIpc) is 1.63. The molecule has 0 bridgehead atoms. The highest BCUT2D eigenvalue weighted by Crippen LogP contribution is 2.64. The number of hydrogen-bond donors (Lipinski definition) is 0. The SMILES string of the molecule is CC(C)(C)c1ccc(-c2nnc(-c3ccc4c(c3)C3(c5cc(-c6nnc(-c7ccc(C(C)(C)C)cc7)o6)ccc5-4)c4cc(-c5nnc(-c6ccc(C(C)(C)C)cc6)o5)ccc4-c4ccc(-c5nnc(-c6ccc(C(C)(C)C)cc6)o5)cc43)o2)cc1. The molecule has 2 aliphatic carbocycles. The second kappa shape index (κ2) is 19.2. The average molecular weight is 1120 g/mol. The van der Waals surface area contributed by atoms with Crippen LogP contribution in [0.25, 0.3) is 114 Å². The Morgan fingerprint density at radius 2 is 0.388 bits per heavy atom. The van der Waals surface area contributed by atoms with Crippen molar-refractivity contribution in [3.8, 4) is 114 Å². The molecular weight excluding hydrogens is 1050 g/mol. The van der Waals surface area contributed by atoms with Crippen molar-refractivity contribution in [2.75, 3.05) is 0 Å². The molecule has 420 valence electrons. The smallest absolute Gasteiger partial charge is 0.248 e. The molecule has 1 spiro atoms. The molecule has 12 heteroatoms. The van der Waals surface area contributed by atoms with Crippen LogP contribution in [-0.2, 0) is 27.1 Å². The van der Waals surface area contributed by atoms with Gasteiger partial charge in [0.2, 0.25) is 47.1 Å². The largest absolute Gasteiger partial charge is 0.416 e. The third-order valence-electron chi connectivity index (χ3n) is 17.0. The first-order valence-corrected chi connectivity index (χ1v) is 29.0. The van der Waals surface area contributed by atoms with Crippen LogP contribution in [0.5, 0.6) is 0 Å². The molecule has 8 aromatic carbocycles. The van der Waals surface area contributed by atoms with Gasteiger partial charge in [0.1, 0.15) is 0 Å². The monoisotopic (exact) mass is 1120 g/mol. The van der Waals surface area contributed by atoms with Crippen molar-refractivity contribution in [2.45, 2.75) is 110 Å². The fourth-order valence-electron chi connectivity index (χ4n) is 12.0. The van der Waals surface area contributed by atoms with Gasteiger partial charge in [-0.1, -0.05) is 156 Å². The Bertz CT molecular complexity index is 3970. The van der Waals surface area contributed by atoms with E-state index in [-0.39, 0.29) is 21.7 Å². The van der Waals surface area contributed by atoms with E-state index in [0.29, 0.717) is 47.1 Å². The van der Waals surface area contributed by atoms with Gasteiger partial charge in [0, 0.05) is 44.5 Å². The molecule has 0 fully saturated rings. The van der Waals surface area contributed by atoms with Crippen molar-refractivity contribution in [1.29, 1.82) is 0 Å². The molecule has 85 heavy (non-hydrogen) atoms. The number of fused-ring (bicyclic) bond motifs is 10. The molecule has 4 heterocycles. The van der Waals surface area contributed by atoms with Crippen molar-refractivity contribution < 1.29 is 17.7 Å². The maximum Gasteiger partial charge on any atom is 0.248 e. The first-order chi connectivity index (χ1) is 40.6. The summed E-state index contributed by atoms with van der Waals surface area (Å²) >= 11 is 0. The van der Waals surface area contributed by atoms with Crippen LogP contribution in [0, 0.1) is 0 Å². The molecule has 0 N–H and O–H groups in total. The normalized spacial score (nSPS) is 13.5. The lowest BCUT2D eigenvalue weighted by molar-refractivity contribution is 0.581. The molecule has 2 aliphatic rings. The number of nitrogens with zero attached hydrogens (tertiary/aromatic N) is 8. The second-order valence-electron chi connectivity index (χ2n) is 26.8. The standard InChI is InChI=1S/C73H64N8O4/c1-69(2,3)49-25-13-41(14-26-49)61-74-78-65(82-61)45-21-33-53-54-34-22-46(66-79-75-62(83-66)42-15-27-50(28-16-42)70(4,5)6)38-58(54)73(57(53)37-45)59-39-47(67-80-76-63(84-67)43-17-29-51(30-18-43)71(7,8)9)23-35-55(59)56-36-24-48(40-60(56)73)68-81-77-64(85-68)44-19-31-52(32-20-44)72(10,11)12/h13-40H,1-12H3. The van der Waals surface area contributed by atoms with Crippen LogP contribution in [0.15, 0.2) is 188 Å². The molecule has 0 saturated heterocycles. The van der Waals surface area contributed by atoms with Crippen LogP contribution in [-0.4, -0.2) is 40.8 Å². The number of hydrogen-bond acceptors (Lipinski definition) is 12.